The van der Waals surface area contributed by atoms with Crippen molar-refractivity contribution in [3.8, 4) is 0 Å². The number of rotatable bonds is 3. The van der Waals surface area contributed by atoms with Crippen LogP contribution in [0.1, 0.15) is 60.9 Å². The molecule has 0 unspecified atom stereocenters. The predicted molar refractivity (Wildman–Crippen MR) is 90.6 cm³/mol. The number of Topliss-reactive ketones (excluding diaryl/α,β-unsaturated/α-hetero) is 1. The van der Waals surface area contributed by atoms with E-state index in [1.165, 1.54) is 27.0 Å². The maximum atomic E-state index is 12.8. The average Bonchev–Trinajstić information content (AvgIpc) is 2.50. The lowest BCUT2D eigenvalue weighted by Gasteiger charge is -2.32. The molecule has 1 aliphatic heterocycles. The zero-order valence-electron chi connectivity index (χ0n) is 15.7. The second-order valence-electron chi connectivity index (χ2n) is 7.58. The topological polar surface area (TPSA) is 96.0 Å². The summed E-state index contributed by atoms with van der Waals surface area (Å²) in [6, 6.07) is 4.46. The van der Waals surface area contributed by atoms with Crippen LogP contribution >= 0.6 is 0 Å². The molecule has 7 nitrogen and oxygen atoms in total. The van der Waals surface area contributed by atoms with Gasteiger partial charge < -0.3 is 14.2 Å². The molecule has 0 radical (unpaired) electrons. The Balaban J connectivity index is 2.50. The lowest BCUT2D eigenvalue weighted by molar-refractivity contribution is -0.236. The van der Waals surface area contributed by atoms with Gasteiger partial charge >= 0.3 is 17.9 Å². The quantitative estimate of drug-likeness (QED) is 0.463. The normalized spacial score (nSPS) is 17.3. The third kappa shape index (κ3) is 3.92. The summed E-state index contributed by atoms with van der Waals surface area (Å²) < 4.78 is 14.7. The zero-order chi connectivity index (χ0) is 19.9. The minimum absolute atomic E-state index is 0.0384. The SMILES string of the molecule is COC(=O)c1cc(C(=O)C2C(=O)OC(C)(C)OC2=O)cc(C(C)(C)C)c1. The summed E-state index contributed by atoms with van der Waals surface area (Å²) in [5.41, 5.74) is 0.494. The predicted octanol–water partition coefficient (Wildman–Crippen LogP) is 2.41. The molecule has 140 valence electrons. The second-order valence-corrected chi connectivity index (χ2v) is 7.58. The van der Waals surface area contributed by atoms with Gasteiger partial charge in [-0.2, -0.15) is 0 Å². The van der Waals surface area contributed by atoms with Gasteiger partial charge in [-0.15, -0.1) is 0 Å². The van der Waals surface area contributed by atoms with E-state index in [2.05, 4.69) is 0 Å². The van der Waals surface area contributed by atoms with Gasteiger partial charge in [0.2, 0.25) is 5.92 Å². The summed E-state index contributed by atoms with van der Waals surface area (Å²) in [5, 5.41) is 0. The van der Waals surface area contributed by atoms with Gasteiger partial charge in [0.05, 0.1) is 12.7 Å². The van der Waals surface area contributed by atoms with E-state index >= 15 is 0 Å². The first-order valence-electron chi connectivity index (χ1n) is 8.09. The lowest BCUT2D eigenvalue weighted by atomic mass is 9.83. The van der Waals surface area contributed by atoms with Crippen LogP contribution in [0.5, 0.6) is 0 Å². The minimum atomic E-state index is -1.72. The van der Waals surface area contributed by atoms with Gasteiger partial charge in [0, 0.05) is 19.4 Å². The number of carbonyl (C=O) groups is 4. The van der Waals surface area contributed by atoms with Crippen molar-refractivity contribution in [1.82, 2.24) is 0 Å². The van der Waals surface area contributed by atoms with E-state index in [0.29, 0.717) is 5.56 Å². The number of hydrogen-bond donors (Lipinski definition) is 0. The van der Waals surface area contributed by atoms with Gasteiger partial charge in [-0.05, 0) is 29.2 Å². The monoisotopic (exact) mass is 362 g/mol. The van der Waals surface area contributed by atoms with E-state index in [9.17, 15) is 19.2 Å². The number of cyclic esters (lactones) is 2. The Morgan fingerprint density at radius 3 is 1.96 bits per heavy atom. The molecule has 1 fully saturated rings. The molecule has 1 heterocycles. The molecule has 26 heavy (non-hydrogen) atoms. The molecular weight excluding hydrogens is 340 g/mol. The van der Waals surface area contributed by atoms with Crippen molar-refractivity contribution in [3.05, 3.63) is 34.9 Å². The Labute approximate surface area is 151 Å². The van der Waals surface area contributed by atoms with Crippen LogP contribution in [-0.4, -0.2) is 36.6 Å². The molecule has 1 aromatic carbocycles. The Morgan fingerprint density at radius 1 is 1.00 bits per heavy atom. The highest BCUT2D eigenvalue weighted by Crippen LogP contribution is 2.29. The zero-order valence-corrected chi connectivity index (χ0v) is 15.7. The number of benzene rings is 1. The Morgan fingerprint density at radius 2 is 1.50 bits per heavy atom. The second kappa shape index (κ2) is 6.55. The summed E-state index contributed by atoms with van der Waals surface area (Å²) in [4.78, 5) is 49.1. The molecular formula is C19H22O7. The fraction of sp³-hybridized carbons (Fsp3) is 0.474. The molecule has 0 aromatic heterocycles. The first kappa shape index (κ1) is 19.6. The number of methoxy groups -OCH3 is 1. The summed E-state index contributed by atoms with van der Waals surface area (Å²) in [6.45, 7) is 8.52. The number of carbonyl (C=O) groups excluding carboxylic acids is 4. The number of ketones is 1. The molecule has 0 spiro atoms. The van der Waals surface area contributed by atoms with Crippen LogP contribution in [0.2, 0.25) is 0 Å². The van der Waals surface area contributed by atoms with Crippen LogP contribution in [-0.2, 0) is 29.2 Å². The smallest absolute Gasteiger partial charge is 0.337 e. The Bertz CT molecular complexity index is 764. The number of hydrogen-bond acceptors (Lipinski definition) is 7. The van der Waals surface area contributed by atoms with E-state index in [4.69, 9.17) is 14.2 Å². The molecule has 0 amide bonds. The Kier molecular flexibility index (Phi) is 4.94. The molecule has 0 aliphatic carbocycles. The maximum absolute atomic E-state index is 12.8. The molecule has 1 aliphatic rings. The summed E-state index contributed by atoms with van der Waals surface area (Å²) in [7, 11) is 1.23. The first-order chi connectivity index (χ1) is 11.9. The standard InChI is InChI=1S/C19H22O7/c1-18(2,3)12-8-10(7-11(9-12)15(21)24-6)14(20)13-16(22)25-19(4,5)26-17(13)23/h7-9,13H,1-6H3. The highest BCUT2D eigenvalue weighted by atomic mass is 16.7. The molecule has 0 saturated carbocycles. The number of esters is 3. The molecule has 0 N–H and O–H groups in total. The largest absolute Gasteiger partial charge is 0.465 e. The fourth-order valence-corrected chi connectivity index (χ4v) is 2.54. The molecule has 7 heteroatoms. The average molecular weight is 362 g/mol. The summed E-state index contributed by atoms with van der Waals surface area (Å²) >= 11 is 0. The molecule has 1 saturated heterocycles. The van der Waals surface area contributed by atoms with Crippen LogP contribution in [0.25, 0.3) is 0 Å². The van der Waals surface area contributed by atoms with Gasteiger partial charge in [-0.25, -0.2) is 4.79 Å². The van der Waals surface area contributed by atoms with Gasteiger partial charge in [0.15, 0.2) is 5.78 Å². The first-order valence-corrected chi connectivity index (χ1v) is 8.09. The van der Waals surface area contributed by atoms with Crippen LogP contribution < -0.4 is 0 Å². The van der Waals surface area contributed by atoms with E-state index < -0.39 is 35.4 Å². The summed E-state index contributed by atoms with van der Waals surface area (Å²) in [5.74, 6) is -6.50. The van der Waals surface area contributed by atoms with Gasteiger partial charge in [0.25, 0.3) is 5.79 Å². The van der Waals surface area contributed by atoms with E-state index in [-0.39, 0.29) is 16.5 Å². The van der Waals surface area contributed by atoms with Crippen molar-refractivity contribution in [3.63, 3.8) is 0 Å². The third-order valence-corrected chi connectivity index (χ3v) is 3.93. The minimum Gasteiger partial charge on any atom is -0.465 e. The van der Waals surface area contributed by atoms with E-state index in [1.54, 1.807) is 12.1 Å². The van der Waals surface area contributed by atoms with Crippen molar-refractivity contribution >= 4 is 23.7 Å². The molecule has 0 bridgehead atoms. The third-order valence-electron chi connectivity index (χ3n) is 3.93. The van der Waals surface area contributed by atoms with E-state index in [0.717, 1.165) is 0 Å². The lowest BCUT2D eigenvalue weighted by Crippen LogP contribution is -2.49. The van der Waals surface area contributed by atoms with Gasteiger partial charge in [-0.3, -0.25) is 14.4 Å². The van der Waals surface area contributed by atoms with Gasteiger partial charge in [-0.1, -0.05) is 20.8 Å². The maximum Gasteiger partial charge on any atom is 0.337 e. The highest BCUT2D eigenvalue weighted by Gasteiger charge is 2.47. The molecule has 0 atom stereocenters. The van der Waals surface area contributed by atoms with Crippen molar-refractivity contribution in [1.29, 1.82) is 0 Å². The van der Waals surface area contributed by atoms with Crippen molar-refractivity contribution in [2.24, 2.45) is 5.92 Å². The summed E-state index contributed by atoms with van der Waals surface area (Å²) in [6.07, 6.45) is 0. The van der Waals surface area contributed by atoms with Crippen molar-refractivity contribution in [2.75, 3.05) is 7.11 Å². The molecule has 2 rings (SSSR count). The van der Waals surface area contributed by atoms with Crippen molar-refractivity contribution < 1.29 is 33.4 Å². The van der Waals surface area contributed by atoms with Crippen LogP contribution in [0, 0.1) is 5.92 Å². The Hall–Kier alpha value is -2.70. The van der Waals surface area contributed by atoms with Gasteiger partial charge in [0.1, 0.15) is 0 Å². The van der Waals surface area contributed by atoms with Crippen molar-refractivity contribution in [2.45, 2.75) is 45.8 Å². The van der Waals surface area contributed by atoms with E-state index in [1.807, 2.05) is 20.8 Å². The fourth-order valence-electron chi connectivity index (χ4n) is 2.54. The highest BCUT2D eigenvalue weighted by molar-refractivity contribution is 6.21. The molecule has 1 aromatic rings. The number of ether oxygens (including phenoxy) is 3. The van der Waals surface area contributed by atoms with Crippen LogP contribution in [0.15, 0.2) is 18.2 Å². The van der Waals surface area contributed by atoms with Crippen LogP contribution in [0.4, 0.5) is 0 Å². The van der Waals surface area contributed by atoms with Crippen LogP contribution in [0.3, 0.4) is 0 Å².